The highest BCUT2D eigenvalue weighted by atomic mass is 16.5. The summed E-state index contributed by atoms with van der Waals surface area (Å²) in [5.41, 5.74) is 0.975. The maximum absolute atomic E-state index is 12.5. The van der Waals surface area contributed by atoms with Gasteiger partial charge in [0.05, 0.1) is 12.6 Å². The van der Waals surface area contributed by atoms with E-state index >= 15 is 0 Å². The standard InChI is InChI=1S/C16H19NO4/c1-3-21-16(20)14-13(18)9-10-17(15(14)19)11(2)12-7-5-4-6-8-12/h4-8,11,14H,3,9-10H2,1-2H3. The van der Waals surface area contributed by atoms with Crippen LogP contribution in [0.4, 0.5) is 0 Å². The Morgan fingerprint density at radius 3 is 2.62 bits per heavy atom. The average Bonchev–Trinajstić information content (AvgIpc) is 2.48. The molecule has 2 atom stereocenters. The van der Waals surface area contributed by atoms with Crippen molar-refractivity contribution in [3.8, 4) is 0 Å². The number of ketones is 1. The van der Waals surface area contributed by atoms with E-state index < -0.39 is 17.8 Å². The maximum atomic E-state index is 12.5. The summed E-state index contributed by atoms with van der Waals surface area (Å²) in [7, 11) is 0. The monoisotopic (exact) mass is 289 g/mol. The molecule has 1 aliphatic rings. The van der Waals surface area contributed by atoms with Gasteiger partial charge in [-0.2, -0.15) is 0 Å². The van der Waals surface area contributed by atoms with Gasteiger partial charge in [0, 0.05) is 13.0 Å². The van der Waals surface area contributed by atoms with E-state index in [2.05, 4.69) is 0 Å². The smallest absolute Gasteiger partial charge is 0.326 e. The van der Waals surface area contributed by atoms with E-state index in [1.807, 2.05) is 37.3 Å². The summed E-state index contributed by atoms with van der Waals surface area (Å²) < 4.78 is 4.85. The van der Waals surface area contributed by atoms with Crippen LogP contribution in [0.25, 0.3) is 0 Å². The number of hydrogen-bond acceptors (Lipinski definition) is 4. The highest BCUT2D eigenvalue weighted by Gasteiger charge is 2.43. The summed E-state index contributed by atoms with van der Waals surface area (Å²) in [5, 5.41) is 0. The number of Topliss-reactive ketones (excluding diaryl/α,β-unsaturated/α-hetero) is 1. The van der Waals surface area contributed by atoms with Gasteiger partial charge in [0.25, 0.3) is 0 Å². The van der Waals surface area contributed by atoms with Crippen molar-refractivity contribution < 1.29 is 19.1 Å². The number of hydrogen-bond donors (Lipinski definition) is 0. The van der Waals surface area contributed by atoms with Gasteiger partial charge in [-0.15, -0.1) is 0 Å². The number of rotatable bonds is 4. The van der Waals surface area contributed by atoms with Crippen LogP contribution in [0, 0.1) is 5.92 Å². The third-order valence-corrected chi connectivity index (χ3v) is 3.72. The third kappa shape index (κ3) is 3.12. The lowest BCUT2D eigenvalue weighted by Crippen LogP contribution is -2.50. The number of carbonyl (C=O) groups is 3. The van der Waals surface area contributed by atoms with Gasteiger partial charge in [-0.05, 0) is 19.4 Å². The van der Waals surface area contributed by atoms with Crippen LogP contribution in [0.2, 0.25) is 0 Å². The molecule has 0 saturated carbocycles. The Kier molecular flexibility index (Phi) is 4.73. The first-order valence-electron chi connectivity index (χ1n) is 7.11. The largest absolute Gasteiger partial charge is 0.465 e. The zero-order valence-corrected chi connectivity index (χ0v) is 12.2. The predicted molar refractivity (Wildman–Crippen MR) is 76.3 cm³/mol. The van der Waals surface area contributed by atoms with E-state index in [4.69, 9.17) is 4.74 Å². The van der Waals surface area contributed by atoms with Gasteiger partial charge in [-0.3, -0.25) is 14.4 Å². The second kappa shape index (κ2) is 6.52. The summed E-state index contributed by atoms with van der Waals surface area (Å²) in [6, 6.07) is 9.37. The molecular weight excluding hydrogens is 270 g/mol. The summed E-state index contributed by atoms with van der Waals surface area (Å²) in [6.07, 6.45) is 0.187. The molecular formula is C16H19NO4. The van der Waals surface area contributed by atoms with E-state index in [1.165, 1.54) is 0 Å². The minimum Gasteiger partial charge on any atom is -0.465 e. The van der Waals surface area contributed by atoms with Crippen molar-refractivity contribution in [2.24, 2.45) is 5.92 Å². The van der Waals surface area contributed by atoms with Crippen molar-refractivity contribution in [3.63, 3.8) is 0 Å². The predicted octanol–water partition coefficient (Wildman–Crippen LogP) is 1.73. The highest BCUT2D eigenvalue weighted by molar-refractivity contribution is 6.17. The molecule has 5 nitrogen and oxygen atoms in total. The van der Waals surface area contributed by atoms with Gasteiger partial charge < -0.3 is 9.64 Å². The van der Waals surface area contributed by atoms with Crippen LogP contribution in [0.1, 0.15) is 31.9 Å². The Bertz CT molecular complexity index is 540. The van der Waals surface area contributed by atoms with Crippen LogP contribution in [0.15, 0.2) is 30.3 Å². The molecule has 1 aromatic rings. The average molecular weight is 289 g/mol. The summed E-state index contributed by atoms with van der Waals surface area (Å²) in [6.45, 7) is 4.04. The fourth-order valence-corrected chi connectivity index (χ4v) is 2.54. The van der Waals surface area contributed by atoms with Crippen LogP contribution in [0.5, 0.6) is 0 Å². The first kappa shape index (κ1) is 15.2. The number of piperidine rings is 1. The van der Waals surface area contributed by atoms with Crippen molar-refractivity contribution in [2.75, 3.05) is 13.2 Å². The molecule has 0 aliphatic carbocycles. The Morgan fingerprint density at radius 2 is 2.00 bits per heavy atom. The van der Waals surface area contributed by atoms with Crippen LogP contribution in [-0.4, -0.2) is 35.7 Å². The third-order valence-electron chi connectivity index (χ3n) is 3.72. The minimum atomic E-state index is -1.30. The summed E-state index contributed by atoms with van der Waals surface area (Å²) in [5.74, 6) is -2.85. The van der Waals surface area contributed by atoms with Crippen LogP contribution >= 0.6 is 0 Å². The SMILES string of the molecule is CCOC(=O)C1C(=O)CCN(C(C)c2ccccc2)C1=O. The molecule has 1 saturated heterocycles. The molecule has 1 heterocycles. The fraction of sp³-hybridized carbons (Fsp3) is 0.438. The van der Waals surface area contributed by atoms with Crippen molar-refractivity contribution >= 4 is 17.7 Å². The molecule has 112 valence electrons. The Labute approximate surface area is 123 Å². The lowest BCUT2D eigenvalue weighted by molar-refractivity contribution is -0.162. The topological polar surface area (TPSA) is 63.7 Å². The van der Waals surface area contributed by atoms with E-state index in [1.54, 1.807) is 11.8 Å². The number of carbonyl (C=O) groups excluding carboxylic acids is 3. The van der Waals surface area contributed by atoms with Crippen molar-refractivity contribution in [1.82, 2.24) is 4.90 Å². The second-order valence-electron chi connectivity index (χ2n) is 5.02. The molecule has 1 aromatic carbocycles. The van der Waals surface area contributed by atoms with Gasteiger partial charge in [0.15, 0.2) is 11.7 Å². The molecule has 0 radical (unpaired) electrons. The van der Waals surface area contributed by atoms with Crippen LogP contribution in [0.3, 0.4) is 0 Å². The molecule has 0 N–H and O–H groups in total. The molecule has 1 fully saturated rings. The van der Waals surface area contributed by atoms with Gasteiger partial charge in [-0.25, -0.2) is 0 Å². The Hall–Kier alpha value is -2.17. The molecule has 1 amide bonds. The lowest BCUT2D eigenvalue weighted by atomic mass is 9.93. The molecule has 2 unspecified atom stereocenters. The van der Waals surface area contributed by atoms with E-state index in [-0.39, 0.29) is 24.9 Å². The van der Waals surface area contributed by atoms with Crippen LogP contribution < -0.4 is 0 Å². The maximum Gasteiger partial charge on any atom is 0.326 e. The molecule has 21 heavy (non-hydrogen) atoms. The second-order valence-corrected chi connectivity index (χ2v) is 5.02. The van der Waals surface area contributed by atoms with E-state index in [0.29, 0.717) is 6.54 Å². The number of nitrogens with zero attached hydrogens (tertiary/aromatic N) is 1. The zero-order chi connectivity index (χ0) is 15.4. The molecule has 0 spiro atoms. The lowest BCUT2D eigenvalue weighted by Gasteiger charge is -2.35. The number of ether oxygens (including phenoxy) is 1. The Morgan fingerprint density at radius 1 is 1.33 bits per heavy atom. The van der Waals surface area contributed by atoms with Gasteiger partial charge in [0.1, 0.15) is 0 Å². The Balaban J connectivity index is 2.20. The molecule has 5 heteroatoms. The summed E-state index contributed by atoms with van der Waals surface area (Å²) >= 11 is 0. The van der Waals surface area contributed by atoms with Crippen molar-refractivity contribution in [3.05, 3.63) is 35.9 Å². The van der Waals surface area contributed by atoms with Crippen molar-refractivity contribution in [2.45, 2.75) is 26.3 Å². The molecule has 2 rings (SSSR count). The van der Waals surface area contributed by atoms with Crippen molar-refractivity contribution in [1.29, 1.82) is 0 Å². The fourth-order valence-electron chi connectivity index (χ4n) is 2.54. The number of amides is 1. The number of likely N-dealkylation sites (tertiary alicyclic amines) is 1. The quantitative estimate of drug-likeness (QED) is 0.625. The first-order chi connectivity index (χ1) is 10.1. The first-order valence-corrected chi connectivity index (χ1v) is 7.11. The van der Waals surface area contributed by atoms with Gasteiger partial charge >= 0.3 is 5.97 Å². The van der Waals surface area contributed by atoms with Gasteiger partial charge in [0.2, 0.25) is 5.91 Å². The molecule has 1 aliphatic heterocycles. The normalized spacial score (nSPS) is 20.3. The number of benzene rings is 1. The van der Waals surface area contributed by atoms with Gasteiger partial charge in [-0.1, -0.05) is 30.3 Å². The number of esters is 1. The van der Waals surface area contributed by atoms with E-state index in [0.717, 1.165) is 5.56 Å². The molecule has 0 aromatic heterocycles. The van der Waals surface area contributed by atoms with E-state index in [9.17, 15) is 14.4 Å². The highest BCUT2D eigenvalue weighted by Crippen LogP contribution is 2.26. The zero-order valence-electron chi connectivity index (χ0n) is 12.2. The molecule has 0 bridgehead atoms. The minimum absolute atomic E-state index is 0.157. The summed E-state index contributed by atoms with van der Waals surface area (Å²) in [4.78, 5) is 37.8. The van der Waals surface area contributed by atoms with Crippen LogP contribution in [-0.2, 0) is 19.1 Å².